The van der Waals surface area contributed by atoms with Gasteiger partial charge >= 0.3 is 0 Å². The summed E-state index contributed by atoms with van der Waals surface area (Å²) in [7, 11) is 0. The Morgan fingerprint density at radius 1 is 0.654 bits per heavy atom. The van der Waals surface area contributed by atoms with Crippen LogP contribution in [0.15, 0.2) is 66.7 Å². The van der Waals surface area contributed by atoms with E-state index >= 15 is 0 Å². The summed E-state index contributed by atoms with van der Waals surface area (Å²) in [4.78, 5) is 0. The van der Waals surface area contributed by atoms with E-state index in [9.17, 15) is 0 Å². The number of fused-ring (bicyclic) bond motifs is 1. The molecule has 0 spiro atoms. The van der Waals surface area contributed by atoms with Crippen molar-refractivity contribution >= 4 is 11.6 Å². The SMILES string of the molecule is CC1(C)CC(C)(C)c2cc(-c3ccccc3-c3cccc(Cl)c3)ccc21. The Labute approximate surface area is 161 Å². The molecule has 1 heteroatoms. The van der Waals surface area contributed by atoms with Crippen molar-refractivity contribution in [2.45, 2.75) is 44.9 Å². The Morgan fingerprint density at radius 3 is 1.92 bits per heavy atom. The van der Waals surface area contributed by atoms with Crippen LogP contribution < -0.4 is 0 Å². The third-order valence-electron chi connectivity index (χ3n) is 5.74. The molecular formula is C25H25Cl. The van der Waals surface area contributed by atoms with Gasteiger partial charge in [0.25, 0.3) is 0 Å². The zero-order valence-corrected chi connectivity index (χ0v) is 16.7. The predicted molar refractivity (Wildman–Crippen MR) is 113 cm³/mol. The van der Waals surface area contributed by atoms with Crippen molar-refractivity contribution in [2.24, 2.45) is 0 Å². The first kappa shape index (κ1) is 17.4. The molecule has 0 bridgehead atoms. The molecule has 3 aromatic carbocycles. The van der Waals surface area contributed by atoms with Crippen molar-refractivity contribution in [3.63, 3.8) is 0 Å². The fourth-order valence-electron chi connectivity index (χ4n) is 4.80. The predicted octanol–water partition coefficient (Wildman–Crippen LogP) is 7.63. The number of hydrogen-bond acceptors (Lipinski definition) is 0. The monoisotopic (exact) mass is 360 g/mol. The van der Waals surface area contributed by atoms with Gasteiger partial charge < -0.3 is 0 Å². The number of halogens is 1. The van der Waals surface area contributed by atoms with Crippen molar-refractivity contribution in [3.8, 4) is 22.3 Å². The highest BCUT2D eigenvalue weighted by atomic mass is 35.5. The van der Waals surface area contributed by atoms with E-state index in [0.29, 0.717) is 0 Å². The van der Waals surface area contributed by atoms with Crippen molar-refractivity contribution in [3.05, 3.63) is 82.9 Å². The van der Waals surface area contributed by atoms with Gasteiger partial charge in [0.15, 0.2) is 0 Å². The molecule has 0 aromatic heterocycles. The van der Waals surface area contributed by atoms with E-state index in [1.165, 1.54) is 34.2 Å². The topological polar surface area (TPSA) is 0 Å². The van der Waals surface area contributed by atoms with Gasteiger partial charge in [-0.2, -0.15) is 0 Å². The molecule has 0 saturated heterocycles. The summed E-state index contributed by atoms with van der Waals surface area (Å²) in [5, 5.41) is 0.772. The Hall–Kier alpha value is -2.05. The molecule has 26 heavy (non-hydrogen) atoms. The minimum absolute atomic E-state index is 0.208. The first-order chi connectivity index (χ1) is 12.3. The van der Waals surface area contributed by atoms with Crippen molar-refractivity contribution in [1.82, 2.24) is 0 Å². The van der Waals surface area contributed by atoms with Crippen LogP contribution in [0.4, 0.5) is 0 Å². The van der Waals surface area contributed by atoms with Gasteiger partial charge in [0.1, 0.15) is 0 Å². The minimum Gasteiger partial charge on any atom is -0.0843 e. The van der Waals surface area contributed by atoms with Crippen LogP contribution >= 0.6 is 11.6 Å². The van der Waals surface area contributed by atoms with Crippen LogP contribution in [0, 0.1) is 0 Å². The third-order valence-corrected chi connectivity index (χ3v) is 5.97. The Kier molecular flexibility index (Phi) is 4.00. The normalized spacial score (nSPS) is 17.1. The number of hydrogen-bond donors (Lipinski definition) is 0. The molecule has 0 fully saturated rings. The quantitative estimate of drug-likeness (QED) is 0.440. The maximum Gasteiger partial charge on any atom is 0.0412 e. The van der Waals surface area contributed by atoms with Gasteiger partial charge in [0, 0.05) is 5.02 Å². The smallest absolute Gasteiger partial charge is 0.0412 e. The lowest BCUT2D eigenvalue weighted by molar-refractivity contribution is 0.403. The van der Waals surface area contributed by atoms with Crippen molar-refractivity contribution in [1.29, 1.82) is 0 Å². The van der Waals surface area contributed by atoms with Crippen LogP contribution in [-0.2, 0) is 10.8 Å². The molecule has 0 aliphatic heterocycles. The second kappa shape index (κ2) is 5.99. The largest absolute Gasteiger partial charge is 0.0843 e. The summed E-state index contributed by atoms with van der Waals surface area (Å²) in [6.45, 7) is 9.46. The van der Waals surface area contributed by atoms with E-state index in [4.69, 9.17) is 11.6 Å². The van der Waals surface area contributed by atoms with Crippen molar-refractivity contribution < 1.29 is 0 Å². The average Bonchev–Trinajstić information content (AvgIpc) is 2.79. The van der Waals surface area contributed by atoms with Gasteiger partial charge in [-0.3, -0.25) is 0 Å². The molecule has 0 amide bonds. The molecule has 3 aromatic rings. The zero-order valence-electron chi connectivity index (χ0n) is 15.9. The molecular weight excluding hydrogens is 336 g/mol. The summed E-state index contributed by atoms with van der Waals surface area (Å²) in [6, 6.07) is 23.8. The average molecular weight is 361 g/mol. The third kappa shape index (κ3) is 2.87. The summed E-state index contributed by atoms with van der Waals surface area (Å²) in [5.41, 5.74) is 8.36. The summed E-state index contributed by atoms with van der Waals surface area (Å²) < 4.78 is 0. The highest BCUT2D eigenvalue weighted by Crippen LogP contribution is 2.50. The molecule has 1 aliphatic carbocycles. The van der Waals surface area contributed by atoms with Crippen LogP contribution in [0.2, 0.25) is 5.02 Å². The van der Waals surface area contributed by atoms with E-state index in [-0.39, 0.29) is 10.8 Å². The van der Waals surface area contributed by atoms with E-state index in [1.807, 2.05) is 18.2 Å². The molecule has 0 radical (unpaired) electrons. The van der Waals surface area contributed by atoms with Crippen LogP contribution in [0.3, 0.4) is 0 Å². The second-order valence-corrected chi connectivity index (χ2v) is 9.20. The Balaban J connectivity index is 1.89. The van der Waals surface area contributed by atoms with Crippen molar-refractivity contribution in [2.75, 3.05) is 0 Å². The van der Waals surface area contributed by atoms with Crippen LogP contribution in [0.5, 0.6) is 0 Å². The fourth-order valence-corrected chi connectivity index (χ4v) is 4.99. The lowest BCUT2D eigenvalue weighted by Crippen LogP contribution is -2.17. The maximum absolute atomic E-state index is 6.24. The maximum atomic E-state index is 6.24. The number of rotatable bonds is 2. The molecule has 0 atom stereocenters. The molecule has 0 unspecified atom stereocenters. The standard InChI is InChI=1S/C25H25Cl/c1-24(2)16-25(3,4)23-15-18(12-13-22(23)24)21-11-6-5-10-20(21)17-8-7-9-19(26)14-17/h5-15H,16H2,1-4H3. The molecule has 4 rings (SSSR count). The molecule has 0 nitrogen and oxygen atoms in total. The van der Waals surface area contributed by atoms with Gasteiger partial charge in [-0.25, -0.2) is 0 Å². The van der Waals surface area contributed by atoms with Gasteiger partial charge in [0.05, 0.1) is 0 Å². The summed E-state index contributed by atoms with van der Waals surface area (Å²) in [5.74, 6) is 0. The lowest BCUT2D eigenvalue weighted by atomic mass is 9.82. The summed E-state index contributed by atoms with van der Waals surface area (Å²) >= 11 is 6.24. The first-order valence-electron chi connectivity index (χ1n) is 9.28. The van der Waals surface area contributed by atoms with Gasteiger partial charge in [-0.1, -0.05) is 93.9 Å². The minimum atomic E-state index is 0.208. The molecule has 0 saturated carbocycles. The Bertz CT molecular complexity index is 979. The fraction of sp³-hybridized carbons (Fsp3) is 0.280. The van der Waals surface area contributed by atoms with Gasteiger partial charge in [0.2, 0.25) is 0 Å². The van der Waals surface area contributed by atoms with E-state index in [0.717, 1.165) is 10.6 Å². The van der Waals surface area contributed by atoms with Crippen LogP contribution in [0.25, 0.3) is 22.3 Å². The van der Waals surface area contributed by atoms with E-state index < -0.39 is 0 Å². The molecule has 0 N–H and O–H groups in total. The molecule has 1 aliphatic rings. The van der Waals surface area contributed by atoms with Gasteiger partial charge in [-0.15, -0.1) is 0 Å². The van der Waals surface area contributed by atoms with Crippen LogP contribution in [-0.4, -0.2) is 0 Å². The van der Waals surface area contributed by atoms with E-state index in [2.05, 4.69) is 76.2 Å². The molecule has 0 heterocycles. The molecule has 132 valence electrons. The zero-order chi connectivity index (χ0) is 18.5. The Morgan fingerprint density at radius 2 is 1.27 bits per heavy atom. The lowest BCUT2D eigenvalue weighted by Gasteiger charge is -2.22. The number of benzene rings is 3. The highest BCUT2D eigenvalue weighted by Gasteiger charge is 2.41. The van der Waals surface area contributed by atoms with Gasteiger partial charge in [-0.05, 0) is 62.8 Å². The van der Waals surface area contributed by atoms with Crippen LogP contribution in [0.1, 0.15) is 45.2 Å². The first-order valence-corrected chi connectivity index (χ1v) is 9.66. The van der Waals surface area contributed by atoms with E-state index in [1.54, 1.807) is 0 Å². The second-order valence-electron chi connectivity index (χ2n) is 8.76. The summed E-state index contributed by atoms with van der Waals surface area (Å²) in [6.07, 6.45) is 1.19. The highest BCUT2D eigenvalue weighted by molar-refractivity contribution is 6.30.